The van der Waals surface area contributed by atoms with Crippen molar-refractivity contribution in [2.45, 2.75) is 0 Å². The van der Waals surface area contributed by atoms with E-state index >= 15 is 0 Å². The van der Waals surface area contributed by atoms with Crippen LogP contribution in [0, 0.1) is 22.7 Å². The Morgan fingerprint density at radius 1 is 0.778 bits per heavy atom. The van der Waals surface area contributed by atoms with Gasteiger partial charge in [-0.2, -0.15) is 10.5 Å². The van der Waals surface area contributed by atoms with Crippen LogP contribution in [0.25, 0.3) is 0 Å². The molecule has 0 aromatic carbocycles. The third-order valence-electron chi connectivity index (χ3n) is 1.83. The lowest BCUT2D eigenvalue weighted by Crippen LogP contribution is -2.01. The fourth-order valence-corrected chi connectivity index (χ4v) is 0.960. The van der Waals surface area contributed by atoms with Gasteiger partial charge in [-0.3, -0.25) is 9.59 Å². The minimum atomic E-state index is -0.186. The average Bonchev–Trinajstić information content (AvgIpc) is 2.41. The summed E-state index contributed by atoms with van der Waals surface area (Å²) in [7, 11) is 0. The first-order valence-electron chi connectivity index (χ1n) is 4.83. The quantitative estimate of drug-likeness (QED) is 0.697. The Bertz CT molecular complexity index is 612. The summed E-state index contributed by atoms with van der Waals surface area (Å²) in [6.45, 7) is 0. The number of hydrogen-bond donors (Lipinski definition) is 2. The van der Waals surface area contributed by atoms with E-state index < -0.39 is 0 Å². The van der Waals surface area contributed by atoms with E-state index in [1.165, 1.54) is 36.7 Å². The number of pyridine rings is 2. The highest BCUT2D eigenvalue weighted by Crippen LogP contribution is 1.86. The lowest BCUT2D eigenvalue weighted by molar-refractivity contribution is 1.22. The number of aromatic nitrogens is 2. The zero-order valence-corrected chi connectivity index (χ0v) is 9.18. The van der Waals surface area contributed by atoms with Crippen molar-refractivity contribution in [2.75, 3.05) is 0 Å². The molecule has 0 spiro atoms. The first-order chi connectivity index (χ1) is 8.65. The molecule has 0 unspecified atom stereocenters. The van der Waals surface area contributed by atoms with Crippen molar-refractivity contribution in [3.8, 4) is 12.1 Å². The summed E-state index contributed by atoms with van der Waals surface area (Å²) in [6.07, 6.45) is 2.75. The molecule has 0 amide bonds. The molecule has 0 aliphatic carbocycles. The molecular weight excluding hydrogens is 232 g/mol. The average molecular weight is 240 g/mol. The lowest BCUT2D eigenvalue weighted by atomic mass is 10.3. The van der Waals surface area contributed by atoms with Gasteiger partial charge in [0.15, 0.2) is 0 Å². The van der Waals surface area contributed by atoms with E-state index in [9.17, 15) is 9.59 Å². The third-order valence-corrected chi connectivity index (χ3v) is 1.83. The minimum absolute atomic E-state index is 0.186. The molecule has 2 aromatic heterocycles. The molecule has 0 radical (unpaired) electrons. The number of rotatable bonds is 0. The van der Waals surface area contributed by atoms with Crippen LogP contribution in [0.1, 0.15) is 11.1 Å². The Balaban J connectivity index is 0.000000180. The fraction of sp³-hybridized carbons (Fsp3) is 0. The molecule has 2 rings (SSSR count). The van der Waals surface area contributed by atoms with Crippen molar-refractivity contribution < 1.29 is 0 Å². The monoisotopic (exact) mass is 240 g/mol. The summed E-state index contributed by atoms with van der Waals surface area (Å²) >= 11 is 0. The van der Waals surface area contributed by atoms with Crippen LogP contribution < -0.4 is 11.1 Å². The normalized spacial score (nSPS) is 8.33. The highest BCUT2D eigenvalue weighted by atomic mass is 16.1. The summed E-state index contributed by atoms with van der Waals surface area (Å²) in [6, 6.07) is 9.35. The summed E-state index contributed by atoms with van der Waals surface area (Å²) in [4.78, 5) is 25.5. The van der Waals surface area contributed by atoms with Gasteiger partial charge in [-0.1, -0.05) is 0 Å². The second-order valence-corrected chi connectivity index (χ2v) is 3.11. The topological polar surface area (TPSA) is 113 Å². The summed E-state index contributed by atoms with van der Waals surface area (Å²) in [5.41, 5.74) is 0.562. The Morgan fingerprint density at radius 2 is 1.17 bits per heavy atom. The van der Waals surface area contributed by atoms with Gasteiger partial charge in [0.05, 0.1) is 11.1 Å². The molecule has 0 atom stereocenters. The first kappa shape index (κ1) is 12.9. The zero-order valence-electron chi connectivity index (χ0n) is 9.18. The highest BCUT2D eigenvalue weighted by Gasteiger charge is 1.85. The Hall–Kier alpha value is -3.12. The van der Waals surface area contributed by atoms with Crippen LogP contribution >= 0.6 is 0 Å². The van der Waals surface area contributed by atoms with Gasteiger partial charge in [0.25, 0.3) is 0 Å². The van der Waals surface area contributed by atoms with E-state index in [4.69, 9.17) is 10.5 Å². The zero-order chi connectivity index (χ0) is 13.4. The predicted octanol–water partition coefficient (Wildman–Crippen LogP) is 0.493. The largest absolute Gasteiger partial charge is 0.328 e. The molecule has 0 bridgehead atoms. The summed E-state index contributed by atoms with van der Waals surface area (Å²) in [5, 5.41) is 16.5. The molecule has 0 aliphatic rings. The summed E-state index contributed by atoms with van der Waals surface area (Å²) in [5.74, 6) is 0. The van der Waals surface area contributed by atoms with Gasteiger partial charge in [0.1, 0.15) is 12.1 Å². The van der Waals surface area contributed by atoms with Crippen molar-refractivity contribution in [2.24, 2.45) is 0 Å². The second-order valence-electron chi connectivity index (χ2n) is 3.11. The van der Waals surface area contributed by atoms with Crippen LogP contribution in [-0.2, 0) is 0 Å². The molecule has 0 aliphatic heterocycles. The number of H-pyrrole nitrogens is 2. The third kappa shape index (κ3) is 4.17. The van der Waals surface area contributed by atoms with E-state index in [2.05, 4.69) is 9.97 Å². The number of nitrogens with one attached hydrogen (secondary N) is 2. The van der Waals surface area contributed by atoms with E-state index in [1.807, 2.05) is 12.1 Å². The second kappa shape index (κ2) is 6.46. The van der Waals surface area contributed by atoms with Crippen molar-refractivity contribution in [3.63, 3.8) is 0 Å². The maximum atomic E-state index is 10.4. The Kier molecular flexibility index (Phi) is 4.65. The maximum absolute atomic E-state index is 10.4. The number of aromatic amines is 2. The van der Waals surface area contributed by atoms with Crippen LogP contribution in [0.2, 0.25) is 0 Å². The van der Waals surface area contributed by atoms with E-state index in [-0.39, 0.29) is 11.1 Å². The Morgan fingerprint density at radius 3 is 1.39 bits per heavy atom. The maximum Gasteiger partial charge on any atom is 0.247 e. The van der Waals surface area contributed by atoms with Gasteiger partial charge in [0, 0.05) is 24.5 Å². The van der Waals surface area contributed by atoms with Crippen LogP contribution in [-0.4, -0.2) is 9.97 Å². The van der Waals surface area contributed by atoms with Crippen molar-refractivity contribution in [1.29, 1.82) is 10.5 Å². The van der Waals surface area contributed by atoms with E-state index in [0.717, 1.165) is 0 Å². The molecule has 2 heterocycles. The predicted molar refractivity (Wildman–Crippen MR) is 63.6 cm³/mol. The molecule has 18 heavy (non-hydrogen) atoms. The molecule has 2 aromatic rings. The number of nitrogens with zero attached hydrogens (tertiary/aromatic N) is 2. The molecule has 0 saturated carbocycles. The molecule has 0 fully saturated rings. The van der Waals surface area contributed by atoms with Crippen LogP contribution in [0.4, 0.5) is 0 Å². The SMILES string of the molecule is N#Cc1ccc(=O)[nH]c1.N#Cc1ccc(=O)[nH]c1. The van der Waals surface area contributed by atoms with Crippen molar-refractivity contribution >= 4 is 0 Å². The fourth-order valence-electron chi connectivity index (χ4n) is 0.960. The molecule has 88 valence electrons. The van der Waals surface area contributed by atoms with Crippen molar-refractivity contribution in [3.05, 3.63) is 68.5 Å². The highest BCUT2D eigenvalue weighted by molar-refractivity contribution is 5.24. The van der Waals surface area contributed by atoms with Gasteiger partial charge >= 0.3 is 0 Å². The van der Waals surface area contributed by atoms with E-state index in [1.54, 1.807) is 0 Å². The van der Waals surface area contributed by atoms with Crippen LogP contribution in [0.3, 0.4) is 0 Å². The standard InChI is InChI=1S/2C6H4N2O/c2*7-3-5-1-2-6(9)8-4-5/h2*1-2,4H,(H,8,9). The lowest BCUT2D eigenvalue weighted by Gasteiger charge is -1.81. The van der Waals surface area contributed by atoms with Gasteiger partial charge in [-0.15, -0.1) is 0 Å². The van der Waals surface area contributed by atoms with Gasteiger partial charge < -0.3 is 9.97 Å². The number of nitriles is 2. The molecule has 0 saturated heterocycles. The molecule has 6 nitrogen and oxygen atoms in total. The van der Waals surface area contributed by atoms with Gasteiger partial charge in [-0.25, -0.2) is 0 Å². The smallest absolute Gasteiger partial charge is 0.247 e. The van der Waals surface area contributed by atoms with Crippen LogP contribution in [0.15, 0.2) is 46.2 Å². The molecule has 6 heteroatoms. The Labute approximate surface area is 102 Å². The first-order valence-corrected chi connectivity index (χ1v) is 4.83. The van der Waals surface area contributed by atoms with E-state index in [0.29, 0.717) is 11.1 Å². The van der Waals surface area contributed by atoms with Gasteiger partial charge in [0.2, 0.25) is 11.1 Å². The molecule has 2 N–H and O–H groups in total. The van der Waals surface area contributed by atoms with Crippen molar-refractivity contribution in [1.82, 2.24) is 9.97 Å². The van der Waals surface area contributed by atoms with Crippen LogP contribution in [0.5, 0.6) is 0 Å². The summed E-state index contributed by atoms with van der Waals surface area (Å²) < 4.78 is 0. The minimum Gasteiger partial charge on any atom is -0.328 e. The number of hydrogen-bond acceptors (Lipinski definition) is 4. The van der Waals surface area contributed by atoms with Gasteiger partial charge in [-0.05, 0) is 12.1 Å². The molecular formula is C12H8N4O2.